The van der Waals surface area contributed by atoms with E-state index in [1.165, 1.54) is 0 Å². The van der Waals surface area contributed by atoms with Gasteiger partial charge >= 0.3 is 5.69 Å². The molecule has 0 aliphatic carbocycles. The summed E-state index contributed by atoms with van der Waals surface area (Å²) in [7, 11) is 0. The second kappa shape index (κ2) is 6.12. The fourth-order valence-corrected chi connectivity index (χ4v) is 2.03. The molecular weight excluding hydrogens is 272 g/mol. The predicted octanol–water partition coefficient (Wildman–Crippen LogP) is 1.70. The number of nitrogens with zero attached hydrogens (tertiary/aromatic N) is 5. The van der Waals surface area contributed by atoms with Crippen molar-refractivity contribution in [3.8, 4) is 0 Å². The van der Waals surface area contributed by atoms with Gasteiger partial charge in [-0.05, 0) is 26.0 Å². The van der Waals surface area contributed by atoms with Gasteiger partial charge in [0.25, 0.3) is 0 Å². The highest BCUT2D eigenvalue weighted by atomic mass is 16.6. The quantitative estimate of drug-likeness (QED) is 0.658. The number of nitrogen functional groups attached to an aromatic ring is 1. The maximum atomic E-state index is 11.3. The molecule has 0 fully saturated rings. The third-order valence-corrected chi connectivity index (χ3v) is 3.00. The van der Waals surface area contributed by atoms with Crippen LogP contribution in [0.4, 0.5) is 17.5 Å². The molecule has 0 unspecified atom stereocenters. The number of rotatable bonds is 5. The lowest BCUT2D eigenvalue weighted by molar-refractivity contribution is -0.385. The van der Waals surface area contributed by atoms with E-state index in [-0.39, 0.29) is 23.1 Å². The zero-order chi connectivity index (χ0) is 15.4. The molecule has 0 saturated heterocycles. The number of aryl methyl sites for hydroxylation is 1. The summed E-state index contributed by atoms with van der Waals surface area (Å²) in [6.07, 6.45) is 1.68. The third-order valence-electron chi connectivity index (χ3n) is 3.00. The van der Waals surface area contributed by atoms with Crippen LogP contribution in [0.5, 0.6) is 0 Å². The zero-order valence-electron chi connectivity index (χ0n) is 11.9. The van der Waals surface area contributed by atoms with Crippen LogP contribution in [0.25, 0.3) is 0 Å². The third kappa shape index (κ3) is 3.22. The van der Waals surface area contributed by atoms with Gasteiger partial charge in [0.05, 0.1) is 17.2 Å². The number of nitrogens with two attached hydrogens (primary N) is 1. The van der Waals surface area contributed by atoms with Crippen LogP contribution in [0.1, 0.15) is 18.3 Å². The Hall–Kier alpha value is -2.77. The Bertz CT molecular complexity index is 647. The van der Waals surface area contributed by atoms with Crippen molar-refractivity contribution in [2.75, 3.05) is 17.2 Å². The van der Waals surface area contributed by atoms with Gasteiger partial charge in [0, 0.05) is 12.7 Å². The number of hydrogen-bond donors (Lipinski definition) is 1. The van der Waals surface area contributed by atoms with Crippen LogP contribution in [0.3, 0.4) is 0 Å². The van der Waals surface area contributed by atoms with Gasteiger partial charge in [-0.1, -0.05) is 6.07 Å². The van der Waals surface area contributed by atoms with E-state index in [0.29, 0.717) is 13.1 Å². The molecule has 0 bridgehead atoms. The topological polar surface area (TPSA) is 111 Å². The van der Waals surface area contributed by atoms with Crippen molar-refractivity contribution in [2.24, 2.45) is 0 Å². The van der Waals surface area contributed by atoms with Crippen LogP contribution in [0.15, 0.2) is 24.4 Å². The highest BCUT2D eigenvalue weighted by Gasteiger charge is 2.25. The summed E-state index contributed by atoms with van der Waals surface area (Å²) in [4.78, 5) is 24.7. The van der Waals surface area contributed by atoms with E-state index in [4.69, 9.17) is 5.73 Å². The summed E-state index contributed by atoms with van der Waals surface area (Å²) in [6, 6.07) is 5.53. The van der Waals surface area contributed by atoms with Gasteiger partial charge < -0.3 is 10.6 Å². The molecule has 0 spiro atoms. The maximum absolute atomic E-state index is 11.3. The van der Waals surface area contributed by atoms with Crippen molar-refractivity contribution < 1.29 is 4.92 Å². The lowest BCUT2D eigenvalue weighted by Gasteiger charge is -2.21. The van der Waals surface area contributed by atoms with Gasteiger partial charge in [0.15, 0.2) is 0 Å². The Morgan fingerprint density at radius 1 is 1.38 bits per heavy atom. The first-order chi connectivity index (χ1) is 10.0. The molecule has 0 aromatic carbocycles. The molecule has 110 valence electrons. The standard InChI is InChI=1S/C13H16N6O2/c1-3-18(8-10-6-4-5-7-15-10)12-11(19(20)21)9(2)16-13(14)17-12/h4-7H,3,8H2,1-2H3,(H2,14,16,17). The number of nitro groups is 1. The molecule has 0 atom stereocenters. The summed E-state index contributed by atoms with van der Waals surface area (Å²) in [6.45, 7) is 4.38. The smallest absolute Gasteiger partial charge is 0.332 e. The van der Waals surface area contributed by atoms with Crippen molar-refractivity contribution in [2.45, 2.75) is 20.4 Å². The molecule has 2 rings (SSSR count). The molecule has 0 aliphatic heterocycles. The molecular formula is C13H16N6O2. The lowest BCUT2D eigenvalue weighted by atomic mass is 10.3. The summed E-state index contributed by atoms with van der Waals surface area (Å²) in [5.74, 6) is 0.241. The van der Waals surface area contributed by atoms with Crippen molar-refractivity contribution in [3.63, 3.8) is 0 Å². The van der Waals surface area contributed by atoms with Gasteiger partial charge in [0.2, 0.25) is 11.8 Å². The second-order valence-electron chi connectivity index (χ2n) is 4.43. The Balaban J connectivity index is 2.44. The molecule has 8 nitrogen and oxygen atoms in total. The maximum Gasteiger partial charge on any atom is 0.332 e. The summed E-state index contributed by atoms with van der Waals surface area (Å²) >= 11 is 0. The van der Waals surface area contributed by atoms with E-state index in [1.54, 1.807) is 18.0 Å². The highest BCUT2D eigenvalue weighted by molar-refractivity contribution is 5.62. The predicted molar refractivity (Wildman–Crippen MR) is 78.8 cm³/mol. The number of aromatic nitrogens is 3. The van der Waals surface area contributed by atoms with Gasteiger partial charge in [-0.15, -0.1) is 0 Å². The highest BCUT2D eigenvalue weighted by Crippen LogP contribution is 2.29. The van der Waals surface area contributed by atoms with E-state index in [9.17, 15) is 10.1 Å². The Kier molecular flexibility index (Phi) is 4.27. The molecule has 8 heteroatoms. The number of anilines is 2. The van der Waals surface area contributed by atoms with E-state index < -0.39 is 4.92 Å². The van der Waals surface area contributed by atoms with Crippen molar-refractivity contribution in [3.05, 3.63) is 45.9 Å². The van der Waals surface area contributed by atoms with Crippen LogP contribution in [0, 0.1) is 17.0 Å². The Morgan fingerprint density at radius 2 is 2.14 bits per heavy atom. The van der Waals surface area contributed by atoms with Crippen molar-refractivity contribution in [1.82, 2.24) is 15.0 Å². The second-order valence-corrected chi connectivity index (χ2v) is 4.43. The number of pyridine rings is 1. The van der Waals surface area contributed by atoms with Gasteiger partial charge in [0.1, 0.15) is 5.69 Å². The monoisotopic (exact) mass is 288 g/mol. The molecule has 2 aromatic heterocycles. The number of hydrogen-bond acceptors (Lipinski definition) is 7. The van der Waals surface area contributed by atoms with Crippen molar-refractivity contribution in [1.29, 1.82) is 0 Å². The van der Waals surface area contributed by atoms with Crippen LogP contribution in [-0.2, 0) is 6.54 Å². The van der Waals surface area contributed by atoms with Crippen LogP contribution < -0.4 is 10.6 Å². The summed E-state index contributed by atoms with van der Waals surface area (Å²) in [5.41, 5.74) is 6.55. The van der Waals surface area contributed by atoms with Gasteiger partial charge in [-0.3, -0.25) is 15.1 Å². The molecule has 0 saturated carbocycles. The first-order valence-corrected chi connectivity index (χ1v) is 6.46. The van der Waals surface area contributed by atoms with Gasteiger partial charge in [-0.25, -0.2) is 4.98 Å². The molecule has 2 heterocycles. The Morgan fingerprint density at radius 3 is 2.71 bits per heavy atom. The normalized spacial score (nSPS) is 10.4. The SMILES string of the molecule is CCN(Cc1ccccn1)c1nc(N)nc(C)c1[N+](=O)[O-]. The molecule has 0 amide bonds. The molecule has 0 aliphatic rings. The minimum atomic E-state index is -0.481. The van der Waals surface area contributed by atoms with E-state index in [1.807, 2.05) is 25.1 Å². The minimum absolute atomic E-state index is 0.0209. The molecule has 21 heavy (non-hydrogen) atoms. The fraction of sp³-hybridized carbons (Fsp3) is 0.308. The fourth-order valence-electron chi connectivity index (χ4n) is 2.03. The summed E-state index contributed by atoms with van der Waals surface area (Å²) in [5, 5.41) is 11.3. The first kappa shape index (κ1) is 14.6. The van der Waals surface area contributed by atoms with Crippen molar-refractivity contribution >= 4 is 17.5 Å². The average Bonchev–Trinajstić information content (AvgIpc) is 2.44. The van der Waals surface area contributed by atoms with E-state index in [0.717, 1.165) is 5.69 Å². The van der Waals surface area contributed by atoms with E-state index >= 15 is 0 Å². The van der Waals surface area contributed by atoms with E-state index in [2.05, 4.69) is 15.0 Å². The van der Waals surface area contributed by atoms with Crippen LogP contribution in [-0.4, -0.2) is 26.4 Å². The van der Waals surface area contributed by atoms with Crippen LogP contribution in [0.2, 0.25) is 0 Å². The molecule has 2 N–H and O–H groups in total. The van der Waals surface area contributed by atoms with Gasteiger partial charge in [-0.2, -0.15) is 4.98 Å². The zero-order valence-corrected chi connectivity index (χ0v) is 11.9. The lowest BCUT2D eigenvalue weighted by Crippen LogP contribution is -2.25. The first-order valence-electron chi connectivity index (χ1n) is 6.46. The Labute approximate surface area is 121 Å². The molecule has 2 aromatic rings. The average molecular weight is 288 g/mol. The largest absolute Gasteiger partial charge is 0.368 e. The summed E-state index contributed by atoms with van der Waals surface area (Å²) < 4.78 is 0. The molecule has 0 radical (unpaired) electrons. The van der Waals surface area contributed by atoms with Crippen LogP contribution >= 0.6 is 0 Å². The minimum Gasteiger partial charge on any atom is -0.368 e.